The number of thiocarbonyl (C=S) groups is 1. The summed E-state index contributed by atoms with van der Waals surface area (Å²) < 4.78 is 19.2. The molecule has 1 aliphatic heterocycles. The quantitative estimate of drug-likeness (QED) is 0.858. The Hall–Kier alpha value is -1.04. The highest BCUT2D eigenvalue weighted by atomic mass is 32.1. The lowest BCUT2D eigenvalue weighted by molar-refractivity contribution is 0.0282. The van der Waals surface area contributed by atoms with Gasteiger partial charge in [-0.05, 0) is 37.6 Å². The van der Waals surface area contributed by atoms with Gasteiger partial charge in [-0.1, -0.05) is 12.2 Å². The van der Waals surface area contributed by atoms with Gasteiger partial charge in [-0.3, -0.25) is 4.90 Å². The van der Waals surface area contributed by atoms with Crippen LogP contribution >= 0.6 is 12.2 Å². The van der Waals surface area contributed by atoms with Gasteiger partial charge in [0.15, 0.2) is 0 Å². The van der Waals surface area contributed by atoms with E-state index >= 15 is 0 Å². The van der Waals surface area contributed by atoms with E-state index in [1.165, 1.54) is 6.07 Å². The summed E-state index contributed by atoms with van der Waals surface area (Å²) in [5, 5.41) is 0. The number of hydrogen-bond donors (Lipinski definition) is 1. The van der Waals surface area contributed by atoms with Crippen molar-refractivity contribution in [1.29, 1.82) is 0 Å². The van der Waals surface area contributed by atoms with Gasteiger partial charge in [-0.2, -0.15) is 0 Å². The van der Waals surface area contributed by atoms with E-state index in [-0.39, 0.29) is 11.9 Å². The van der Waals surface area contributed by atoms with E-state index in [0.717, 1.165) is 25.9 Å². The van der Waals surface area contributed by atoms with E-state index < -0.39 is 0 Å². The van der Waals surface area contributed by atoms with Gasteiger partial charge in [0.25, 0.3) is 0 Å². The maximum atomic E-state index is 13.8. The van der Waals surface area contributed by atoms with Crippen molar-refractivity contribution in [3.8, 4) is 0 Å². The second-order valence-electron chi connectivity index (χ2n) is 4.91. The summed E-state index contributed by atoms with van der Waals surface area (Å²) in [5.74, 6) is -0.209. The van der Waals surface area contributed by atoms with E-state index in [4.69, 9.17) is 22.7 Å². The average Bonchev–Trinajstić information content (AvgIpc) is 2.41. The number of nitrogens with zero attached hydrogens (tertiary/aromatic N) is 1. The molecule has 3 nitrogen and oxygen atoms in total. The molecule has 1 atom stereocenters. The third-order valence-corrected chi connectivity index (χ3v) is 3.76. The van der Waals surface area contributed by atoms with Crippen LogP contribution in [0.25, 0.3) is 0 Å². The molecule has 0 bridgehead atoms. The van der Waals surface area contributed by atoms with E-state index in [2.05, 4.69) is 4.90 Å². The largest absolute Gasteiger partial charge is 0.389 e. The Kier molecular flexibility index (Phi) is 4.85. The summed E-state index contributed by atoms with van der Waals surface area (Å²) in [5.41, 5.74) is 6.94. The third-order valence-electron chi connectivity index (χ3n) is 3.52. The summed E-state index contributed by atoms with van der Waals surface area (Å²) >= 11 is 4.93. The minimum Gasteiger partial charge on any atom is -0.389 e. The predicted molar refractivity (Wildman–Crippen MR) is 77.6 cm³/mol. The van der Waals surface area contributed by atoms with Gasteiger partial charge in [0.2, 0.25) is 0 Å². The molecule has 1 aliphatic rings. The van der Waals surface area contributed by atoms with E-state index in [9.17, 15) is 4.39 Å². The van der Waals surface area contributed by atoms with Crippen LogP contribution in [0.4, 0.5) is 4.39 Å². The fourth-order valence-corrected chi connectivity index (χ4v) is 2.57. The fourth-order valence-electron chi connectivity index (χ4n) is 2.44. The number of hydrogen-bond acceptors (Lipinski definition) is 3. The number of halogens is 1. The van der Waals surface area contributed by atoms with Crippen LogP contribution in [0.1, 0.15) is 24.0 Å². The van der Waals surface area contributed by atoms with Gasteiger partial charge in [0, 0.05) is 31.3 Å². The molecule has 104 valence electrons. The average molecular weight is 282 g/mol. The second kappa shape index (κ2) is 6.41. The Morgan fingerprint density at radius 2 is 2.37 bits per heavy atom. The van der Waals surface area contributed by atoms with Crippen LogP contribution in [0.3, 0.4) is 0 Å². The number of rotatable bonds is 4. The molecule has 0 aliphatic carbocycles. The number of ether oxygens (including phenoxy) is 1. The van der Waals surface area contributed by atoms with Crippen molar-refractivity contribution in [2.24, 2.45) is 5.73 Å². The maximum absolute atomic E-state index is 13.8. The van der Waals surface area contributed by atoms with Crippen molar-refractivity contribution in [3.63, 3.8) is 0 Å². The van der Waals surface area contributed by atoms with E-state index in [1.807, 2.05) is 0 Å². The first-order chi connectivity index (χ1) is 9.10. The standard InChI is InChI=1S/C14H19FN2OS/c1-18-12-3-2-6-17(9-12)8-11-7-10(14(16)19)4-5-13(11)15/h4-5,7,12H,2-3,6,8-9H2,1H3,(H2,16,19). The van der Waals surface area contributed by atoms with Crippen molar-refractivity contribution >= 4 is 17.2 Å². The maximum Gasteiger partial charge on any atom is 0.127 e. The molecule has 5 heteroatoms. The highest BCUT2D eigenvalue weighted by Crippen LogP contribution is 2.18. The zero-order chi connectivity index (χ0) is 13.8. The molecule has 1 heterocycles. The zero-order valence-corrected chi connectivity index (χ0v) is 11.9. The highest BCUT2D eigenvalue weighted by molar-refractivity contribution is 7.80. The Bertz CT molecular complexity index is 467. The smallest absolute Gasteiger partial charge is 0.127 e. The molecule has 0 aromatic heterocycles. The third kappa shape index (κ3) is 3.72. The van der Waals surface area contributed by atoms with Crippen LogP contribution in [-0.2, 0) is 11.3 Å². The molecule has 2 N–H and O–H groups in total. The lowest BCUT2D eigenvalue weighted by Crippen LogP contribution is -2.38. The minimum atomic E-state index is -0.209. The molecule has 1 fully saturated rings. The zero-order valence-electron chi connectivity index (χ0n) is 11.1. The van der Waals surface area contributed by atoms with Crippen LogP contribution in [0.2, 0.25) is 0 Å². The minimum absolute atomic E-state index is 0.209. The molecule has 0 spiro atoms. The van der Waals surface area contributed by atoms with Crippen LogP contribution in [0.5, 0.6) is 0 Å². The van der Waals surface area contributed by atoms with Crippen molar-refractivity contribution < 1.29 is 9.13 Å². The molecule has 2 rings (SSSR count). The summed E-state index contributed by atoms with van der Waals surface area (Å²) in [6.45, 7) is 2.38. The van der Waals surface area contributed by atoms with Crippen molar-refractivity contribution in [3.05, 3.63) is 35.1 Å². The first kappa shape index (κ1) is 14.4. The predicted octanol–water partition coefficient (Wildman–Crippen LogP) is 2.07. The first-order valence-electron chi connectivity index (χ1n) is 6.43. The lowest BCUT2D eigenvalue weighted by Gasteiger charge is -2.32. The van der Waals surface area contributed by atoms with Gasteiger partial charge in [-0.15, -0.1) is 0 Å². The van der Waals surface area contributed by atoms with Gasteiger partial charge in [-0.25, -0.2) is 4.39 Å². The molecule has 0 saturated carbocycles. The first-order valence-corrected chi connectivity index (χ1v) is 6.84. The highest BCUT2D eigenvalue weighted by Gasteiger charge is 2.20. The van der Waals surface area contributed by atoms with E-state index in [0.29, 0.717) is 22.7 Å². The van der Waals surface area contributed by atoms with Gasteiger partial charge >= 0.3 is 0 Å². The summed E-state index contributed by atoms with van der Waals surface area (Å²) in [7, 11) is 1.72. The molecule has 1 unspecified atom stereocenters. The number of nitrogens with two attached hydrogens (primary N) is 1. The molecule has 0 amide bonds. The fraction of sp³-hybridized carbons (Fsp3) is 0.500. The molecule has 0 radical (unpaired) electrons. The Morgan fingerprint density at radius 1 is 1.58 bits per heavy atom. The molecule has 1 saturated heterocycles. The lowest BCUT2D eigenvalue weighted by atomic mass is 10.1. The van der Waals surface area contributed by atoms with Crippen molar-refractivity contribution in [2.75, 3.05) is 20.2 Å². The Labute approximate surface area is 118 Å². The molecule has 1 aromatic rings. The Balaban J connectivity index is 2.09. The van der Waals surface area contributed by atoms with Crippen LogP contribution in [0.15, 0.2) is 18.2 Å². The SMILES string of the molecule is COC1CCCN(Cc2cc(C(N)=S)ccc2F)C1. The van der Waals surface area contributed by atoms with Crippen LogP contribution in [-0.4, -0.2) is 36.2 Å². The van der Waals surface area contributed by atoms with Crippen molar-refractivity contribution in [2.45, 2.75) is 25.5 Å². The number of likely N-dealkylation sites (tertiary alicyclic amines) is 1. The van der Waals surface area contributed by atoms with E-state index in [1.54, 1.807) is 19.2 Å². The van der Waals surface area contributed by atoms with Crippen molar-refractivity contribution in [1.82, 2.24) is 4.90 Å². The summed E-state index contributed by atoms with van der Waals surface area (Å²) in [6, 6.07) is 4.80. The summed E-state index contributed by atoms with van der Waals surface area (Å²) in [6.07, 6.45) is 2.40. The molecule has 19 heavy (non-hydrogen) atoms. The summed E-state index contributed by atoms with van der Waals surface area (Å²) in [4.78, 5) is 2.51. The molecular formula is C14H19FN2OS. The van der Waals surface area contributed by atoms with Gasteiger partial charge in [0.05, 0.1) is 6.10 Å². The Morgan fingerprint density at radius 3 is 3.05 bits per heavy atom. The molecule has 1 aromatic carbocycles. The number of benzene rings is 1. The van der Waals surface area contributed by atoms with Gasteiger partial charge < -0.3 is 10.5 Å². The number of methoxy groups -OCH3 is 1. The normalized spacial score (nSPS) is 20.4. The number of piperidine rings is 1. The monoisotopic (exact) mass is 282 g/mol. The topological polar surface area (TPSA) is 38.5 Å². The van der Waals surface area contributed by atoms with Gasteiger partial charge in [0.1, 0.15) is 10.8 Å². The second-order valence-corrected chi connectivity index (χ2v) is 5.35. The molecular weight excluding hydrogens is 263 g/mol. The van der Waals surface area contributed by atoms with Crippen LogP contribution in [0, 0.1) is 5.82 Å². The van der Waals surface area contributed by atoms with Crippen LogP contribution < -0.4 is 5.73 Å².